The summed E-state index contributed by atoms with van der Waals surface area (Å²) in [6.07, 6.45) is 50.0. The summed E-state index contributed by atoms with van der Waals surface area (Å²) in [6.45, 7) is 6.33. The molecule has 0 aromatic carbocycles. The Balaban J connectivity index is 0. The zero-order chi connectivity index (χ0) is 32.3. The van der Waals surface area contributed by atoms with Gasteiger partial charge in [0, 0.05) is 0 Å². The summed E-state index contributed by atoms with van der Waals surface area (Å²) in [7, 11) is 0. The highest BCUT2D eigenvalue weighted by Crippen LogP contribution is 2.15. The first kappa shape index (κ1) is 45.1. The fraction of sp³-hybridized carbons (Fsp3) is 0.923. The van der Waals surface area contributed by atoms with E-state index in [1.807, 2.05) is 0 Å². The minimum Gasteiger partial charge on any atom is -0.330 e. The van der Waals surface area contributed by atoms with Crippen molar-refractivity contribution in [3.05, 3.63) is 19.0 Å². The molecule has 4 N–H and O–H groups in total. The first-order valence-electron chi connectivity index (χ1n) is 19.8. The molecule has 1 heterocycles. The van der Waals surface area contributed by atoms with Crippen molar-refractivity contribution in [2.75, 3.05) is 13.1 Å². The highest BCUT2D eigenvalue weighted by atomic mass is 14.9. The van der Waals surface area contributed by atoms with Crippen LogP contribution in [-0.2, 0) is 0 Å². The lowest BCUT2D eigenvalue weighted by molar-refractivity contribution is 0.530. The van der Waals surface area contributed by atoms with E-state index in [2.05, 4.69) is 28.8 Å². The van der Waals surface area contributed by atoms with Gasteiger partial charge in [0.05, 0.1) is 0 Å². The van der Waals surface area contributed by atoms with Crippen molar-refractivity contribution in [1.82, 2.24) is 15.0 Å². The fourth-order valence-electron chi connectivity index (χ4n) is 5.59. The zero-order valence-corrected chi connectivity index (χ0v) is 30.3. The maximum absolute atomic E-state index is 5.48. The van der Waals surface area contributed by atoms with Gasteiger partial charge in [0.2, 0.25) is 0 Å². The molecule has 0 spiro atoms. The average Bonchev–Trinajstić information content (AvgIpc) is 3.06. The third kappa shape index (κ3) is 47.8. The van der Waals surface area contributed by atoms with Crippen molar-refractivity contribution < 1.29 is 0 Å². The second-order valence-corrected chi connectivity index (χ2v) is 13.0. The normalized spacial score (nSPS) is 10.6. The maximum atomic E-state index is 5.48. The van der Waals surface area contributed by atoms with Crippen LogP contribution in [0.2, 0.25) is 0 Å². The van der Waals surface area contributed by atoms with E-state index >= 15 is 0 Å². The molecule has 262 valence electrons. The summed E-state index contributed by atoms with van der Waals surface area (Å²) in [5.41, 5.74) is 11.0. The molecule has 1 aromatic heterocycles. The van der Waals surface area contributed by atoms with Crippen molar-refractivity contribution in [3.8, 4) is 0 Å². The minimum atomic E-state index is 0.873. The van der Waals surface area contributed by atoms with Gasteiger partial charge >= 0.3 is 0 Å². The molecular weight excluding hydrogens is 538 g/mol. The monoisotopic (exact) mass is 620 g/mol. The molecule has 0 atom stereocenters. The van der Waals surface area contributed by atoms with Gasteiger partial charge in [-0.1, -0.05) is 206 Å². The average molecular weight is 620 g/mol. The molecule has 5 heteroatoms. The predicted molar refractivity (Wildman–Crippen MR) is 197 cm³/mol. The van der Waals surface area contributed by atoms with E-state index in [4.69, 9.17) is 11.5 Å². The van der Waals surface area contributed by atoms with Crippen LogP contribution in [0.1, 0.15) is 219 Å². The summed E-state index contributed by atoms with van der Waals surface area (Å²) >= 11 is 0. The van der Waals surface area contributed by atoms with E-state index in [9.17, 15) is 0 Å². The first-order valence-corrected chi connectivity index (χ1v) is 19.8. The SMILES string of the molecule is CCCCCCCCCCCCCCCCCCN.CCCCCCCCCCCCCCCCCCN.c1ncncn1. The highest BCUT2D eigenvalue weighted by molar-refractivity contribution is 4.52. The summed E-state index contributed by atoms with van der Waals surface area (Å²) < 4.78 is 0. The summed E-state index contributed by atoms with van der Waals surface area (Å²) in [5, 5.41) is 0. The van der Waals surface area contributed by atoms with Gasteiger partial charge in [-0.2, -0.15) is 0 Å². The highest BCUT2D eigenvalue weighted by Gasteiger charge is 1.95. The topological polar surface area (TPSA) is 90.7 Å². The number of aromatic nitrogens is 3. The van der Waals surface area contributed by atoms with Crippen LogP contribution in [0.3, 0.4) is 0 Å². The molecule has 0 radical (unpaired) electrons. The fourth-order valence-corrected chi connectivity index (χ4v) is 5.59. The Morgan fingerprint density at radius 2 is 0.432 bits per heavy atom. The standard InChI is InChI=1S/2C18H39N.C3H3N3/c2*1-2-3-4-5-6-7-8-9-10-11-12-13-14-15-16-17-18-19;1-4-2-6-3-5-1/h2*2-19H2,1H3;1-3H. The molecule has 0 amide bonds. The van der Waals surface area contributed by atoms with Crippen LogP contribution in [0.5, 0.6) is 0 Å². The predicted octanol–water partition coefficient (Wildman–Crippen LogP) is 12.3. The number of unbranched alkanes of at least 4 members (excludes halogenated alkanes) is 30. The molecule has 0 fully saturated rings. The molecular formula is C39H81N5. The minimum absolute atomic E-state index is 0.873. The number of nitrogens with zero attached hydrogens (tertiary/aromatic N) is 3. The Morgan fingerprint density at radius 1 is 0.273 bits per heavy atom. The molecule has 44 heavy (non-hydrogen) atoms. The van der Waals surface area contributed by atoms with Gasteiger partial charge in [0.1, 0.15) is 19.0 Å². The van der Waals surface area contributed by atoms with E-state index in [1.54, 1.807) is 0 Å². The van der Waals surface area contributed by atoms with Crippen LogP contribution in [0.25, 0.3) is 0 Å². The third-order valence-corrected chi connectivity index (χ3v) is 8.52. The quantitative estimate of drug-likeness (QED) is 0.0783. The summed E-state index contributed by atoms with van der Waals surface area (Å²) in [4.78, 5) is 10.7. The molecule has 0 aliphatic rings. The Kier molecular flexibility index (Phi) is 47.5. The van der Waals surface area contributed by atoms with Crippen molar-refractivity contribution in [3.63, 3.8) is 0 Å². The van der Waals surface area contributed by atoms with E-state index in [1.165, 1.54) is 224 Å². The summed E-state index contributed by atoms with van der Waals surface area (Å²) in [5.74, 6) is 0. The number of nitrogens with two attached hydrogens (primary N) is 2. The van der Waals surface area contributed by atoms with Crippen molar-refractivity contribution >= 4 is 0 Å². The Bertz CT molecular complexity index is 464. The van der Waals surface area contributed by atoms with Gasteiger partial charge in [-0.15, -0.1) is 0 Å². The molecule has 0 aliphatic heterocycles. The van der Waals surface area contributed by atoms with Gasteiger partial charge in [-0.05, 0) is 25.9 Å². The van der Waals surface area contributed by atoms with Gasteiger partial charge < -0.3 is 11.5 Å². The first-order chi connectivity index (χ1) is 21.8. The van der Waals surface area contributed by atoms with E-state index in [-0.39, 0.29) is 0 Å². The van der Waals surface area contributed by atoms with Gasteiger partial charge in [0.15, 0.2) is 0 Å². The second kappa shape index (κ2) is 46.3. The molecule has 0 saturated heterocycles. The van der Waals surface area contributed by atoms with Crippen molar-refractivity contribution in [1.29, 1.82) is 0 Å². The van der Waals surface area contributed by atoms with Crippen LogP contribution >= 0.6 is 0 Å². The molecule has 0 bridgehead atoms. The molecule has 1 rings (SSSR count). The molecule has 0 unspecified atom stereocenters. The van der Waals surface area contributed by atoms with Crippen molar-refractivity contribution in [2.24, 2.45) is 11.5 Å². The number of hydrogen-bond acceptors (Lipinski definition) is 5. The molecule has 0 aliphatic carbocycles. The Morgan fingerprint density at radius 3 is 0.568 bits per heavy atom. The lowest BCUT2D eigenvalue weighted by Crippen LogP contribution is -1.97. The van der Waals surface area contributed by atoms with Crippen LogP contribution in [0, 0.1) is 0 Å². The number of rotatable bonds is 32. The van der Waals surface area contributed by atoms with Crippen molar-refractivity contribution in [2.45, 2.75) is 219 Å². The Hall–Kier alpha value is -1.07. The van der Waals surface area contributed by atoms with Crippen LogP contribution in [0.15, 0.2) is 19.0 Å². The molecule has 0 saturated carbocycles. The lowest BCUT2D eigenvalue weighted by atomic mass is 10.0. The van der Waals surface area contributed by atoms with E-state index < -0.39 is 0 Å². The zero-order valence-electron chi connectivity index (χ0n) is 30.3. The number of hydrogen-bond donors (Lipinski definition) is 2. The van der Waals surface area contributed by atoms with Crippen LogP contribution in [0.4, 0.5) is 0 Å². The smallest absolute Gasteiger partial charge is 0.119 e. The van der Waals surface area contributed by atoms with Gasteiger partial charge in [-0.3, -0.25) is 0 Å². The Labute approximate surface area is 277 Å². The largest absolute Gasteiger partial charge is 0.330 e. The lowest BCUT2D eigenvalue weighted by Gasteiger charge is -2.03. The van der Waals surface area contributed by atoms with Gasteiger partial charge in [0.25, 0.3) is 0 Å². The van der Waals surface area contributed by atoms with Gasteiger partial charge in [-0.25, -0.2) is 15.0 Å². The van der Waals surface area contributed by atoms with E-state index in [0.717, 1.165) is 13.1 Å². The third-order valence-electron chi connectivity index (χ3n) is 8.52. The summed E-state index contributed by atoms with van der Waals surface area (Å²) in [6, 6.07) is 0. The van der Waals surface area contributed by atoms with Crippen LogP contribution in [-0.4, -0.2) is 28.0 Å². The van der Waals surface area contributed by atoms with E-state index in [0.29, 0.717) is 0 Å². The second-order valence-electron chi connectivity index (χ2n) is 13.0. The maximum Gasteiger partial charge on any atom is 0.119 e. The molecule has 5 nitrogen and oxygen atoms in total. The van der Waals surface area contributed by atoms with Crippen LogP contribution < -0.4 is 11.5 Å². The molecule has 1 aromatic rings.